The Morgan fingerprint density at radius 2 is 2.46 bits per heavy atom. The first kappa shape index (κ1) is 8.63. The van der Waals surface area contributed by atoms with Gasteiger partial charge in [-0.3, -0.25) is 0 Å². The summed E-state index contributed by atoms with van der Waals surface area (Å²) >= 11 is 0. The van der Waals surface area contributed by atoms with Gasteiger partial charge in [0.25, 0.3) is 0 Å². The number of nitrogens with one attached hydrogen (secondary N) is 1. The van der Waals surface area contributed by atoms with E-state index in [4.69, 9.17) is 0 Å². The zero-order valence-corrected chi connectivity index (χ0v) is 8.01. The summed E-state index contributed by atoms with van der Waals surface area (Å²) in [4.78, 5) is 8.87. The average molecular weight is 177 g/mol. The fraction of sp³-hybridized carbons (Fsp3) is 0.600. The second-order valence-electron chi connectivity index (χ2n) is 3.43. The lowest BCUT2D eigenvalue weighted by Crippen LogP contribution is -2.25. The summed E-state index contributed by atoms with van der Waals surface area (Å²) in [6.45, 7) is 4.12. The lowest BCUT2D eigenvalue weighted by molar-refractivity contribution is 0.615. The van der Waals surface area contributed by atoms with Gasteiger partial charge in [0.1, 0.15) is 5.82 Å². The van der Waals surface area contributed by atoms with Crippen molar-refractivity contribution < 1.29 is 0 Å². The maximum Gasteiger partial charge on any atom is 0.128 e. The largest absolute Gasteiger partial charge is 0.311 e. The molecule has 0 aliphatic carbocycles. The van der Waals surface area contributed by atoms with Gasteiger partial charge >= 0.3 is 0 Å². The summed E-state index contributed by atoms with van der Waals surface area (Å²) in [6.07, 6.45) is 5.18. The van der Waals surface area contributed by atoms with Gasteiger partial charge in [0.05, 0.1) is 5.69 Å². The van der Waals surface area contributed by atoms with Crippen LogP contribution in [-0.2, 0) is 19.4 Å². The van der Waals surface area contributed by atoms with Crippen LogP contribution in [0.3, 0.4) is 0 Å². The summed E-state index contributed by atoms with van der Waals surface area (Å²) < 4.78 is 0. The first-order chi connectivity index (χ1) is 6.40. The second-order valence-corrected chi connectivity index (χ2v) is 3.43. The zero-order valence-electron chi connectivity index (χ0n) is 8.01. The van der Waals surface area contributed by atoms with Crippen molar-refractivity contribution in [3.63, 3.8) is 0 Å². The Kier molecular flexibility index (Phi) is 2.54. The molecule has 2 heterocycles. The van der Waals surface area contributed by atoms with Gasteiger partial charge in [-0.15, -0.1) is 0 Å². The highest BCUT2D eigenvalue weighted by Gasteiger charge is 2.10. The van der Waals surface area contributed by atoms with Crippen molar-refractivity contribution in [2.75, 3.05) is 6.54 Å². The van der Waals surface area contributed by atoms with Crippen LogP contribution in [0.2, 0.25) is 0 Å². The summed E-state index contributed by atoms with van der Waals surface area (Å²) in [7, 11) is 0. The topological polar surface area (TPSA) is 37.8 Å². The molecular formula is C10H15N3. The highest BCUT2D eigenvalue weighted by molar-refractivity contribution is 5.20. The number of fused-ring (bicyclic) bond motifs is 1. The number of aromatic nitrogens is 2. The van der Waals surface area contributed by atoms with Crippen LogP contribution in [0.4, 0.5) is 0 Å². The van der Waals surface area contributed by atoms with Crippen LogP contribution in [0.15, 0.2) is 6.20 Å². The van der Waals surface area contributed by atoms with E-state index in [0.717, 1.165) is 38.2 Å². The van der Waals surface area contributed by atoms with Crippen LogP contribution in [0, 0.1) is 0 Å². The second kappa shape index (κ2) is 3.83. The molecule has 0 saturated heterocycles. The fourth-order valence-corrected chi connectivity index (χ4v) is 1.62. The third-order valence-corrected chi connectivity index (χ3v) is 2.34. The van der Waals surface area contributed by atoms with Gasteiger partial charge in [-0.05, 0) is 24.9 Å². The summed E-state index contributed by atoms with van der Waals surface area (Å²) in [5, 5.41) is 3.32. The molecule has 0 atom stereocenters. The Morgan fingerprint density at radius 1 is 1.54 bits per heavy atom. The molecule has 0 saturated carbocycles. The normalized spacial score (nSPS) is 15.5. The van der Waals surface area contributed by atoms with Crippen LogP contribution >= 0.6 is 0 Å². The monoisotopic (exact) mass is 177 g/mol. The molecule has 0 unspecified atom stereocenters. The highest BCUT2D eigenvalue weighted by Crippen LogP contribution is 2.10. The first-order valence-electron chi connectivity index (χ1n) is 4.94. The van der Waals surface area contributed by atoms with E-state index < -0.39 is 0 Å². The van der Waals surface area contributed by atoms with E-state index in [1.807, 2.05) is 6.20 Å². The van der Waals surface area contributed by atoms with Gasteiger partial charge in [0.2, 0.25) is 0 Å². The van der Waals surface area contributed by atoms with E-state index in [1.54, 1.807) is 0 Å². The minimum atomic E-state index is 0.911. The maximum absolute atomic E-state index is 4.53. The summed E-state index contributed by atoms with van der Waals surface area (Å²) in [5.41, 5.74) is 2.52. The molecule has 1 aliphatic rings. The molecule has 1 aromatic rings. The quantitative estimate of drug-likeness (QED) is 0.734. The van der Waals surface area contributed by atoms with Crippen molar-refractivity contribution in [1.82, 2.24) is 15.3 Å². The molecule has 3 nitrogen and oxygen atoms in total. The molecule has 3 heteroatoms. The lowest BCUT2D eigenvalue weighted by Gasteiger charge is -2.15. The fourth-order valence-electron chi connectivity index (χ4n) is 1.62. The van der Waals surface area contributed by atoms with Gasteiger partial charge in [-0.1, -0.05) is 6.92 Å². The smallest absolute Gasteiger partial charge is 0.128 e. The Bertz CT molecular complexity index is 296. The number of rotatable bonds is 2. The lowest BCUT2D eigenvalue weighted by atomic mass is 10.1. The zero-order chi connectivity index (χ0) is 9.10. The minimum Gasteiger partial charge on any atom is -0.311 e. The SMILES string of the molecule is CCCc1ncc2c(n1)CNCC2. The third kappa shape index (κ3) is 1.86. The van der Waals surface area contributed by atoms with Crippen LogP contribution in [0.5, 0.6) is 0 Å². The summed E-state index contributed by atoms with van der Waals surface area (Å²) in [5.74, 6) is 0.991. The molecule has 1 N–H and O–H groups in total. The van der Waals surface area contributed by atoms with Gasteiger partial charge in [0, 0.05) is 19.2 Å². The van der Waals surface area contributed by atoms with Crippen molar-refractivity contribution in [1.29, 1.82) is 0 Å². The molecule has 13 heavy (non-hydrogen) atoms. The maximum atomic E-state index is 4.53. The Hall–Kier alpha value is -0.960. The minimum absolute atomic E-state index is 0.911. The van der Waals surface area contributed by atoms with E-state index in [1.165, 1.54) is 11.3 Å². The van der Waals surface area contributed by atoms with E-state index in [9.17, 15) is 0 Å². The van der Waals surface area contributed by atoms with E-state index in [-0.39, 0.29) is 0 Å². The van der Waals surface area contributed by atoms with E-state index in [2.05, 4.69) is 22.2 Å². The van der Waals surface area contributed by atoms with Gasteiger partial charge in [-0.25, -0.2) is 9.97 Å². The number of hydrogen-bond acceptors (Lipinski definition) is 3. The molecule has 2 rings (SSSR count). The molecule has 0 radical (unpaired) electrons. The number of nitrogens with zero attached hydrogens (tertiary/aromatic N) is 2. The molecule has 0 spiro atoms. The first-order valence-corrected chi connectivity index (χ1v) is 4.94. The van der Waals surface area contributed by atoms with Crippen LogP contribution in [-0.4, -0.2) is 16.5 Å². The average Bonchev–Trinajstić information content (AvgIpc) is 2.18. The van der Waals surface area contributed by atoms with Crippen LogP contribution in [0.25, 0.3) is 0 Å². The van der Waals surface area contributed by atoms with E-state index in [0.29, 0.717) is 0 Å². The van der Waals surface area contributed by atoms with Crippen molar-refractivity contribution >= 4 is 0 Å². The van der Waals surface area contributed by atoms with Crippen molar-refractivity contribution in [3.8, 4) is 0 Å². The van der Waals surface area contributed by atoms with Gasteiger partial charge < -0.3 is 5.32 Å². The Morgan fingerprint density at radius 3 is 3.31 bits per heavy atom. The standard InChI is InChI=1S/C10H15N3/c1-2-3-10-12-6-8-4-5-11-7-9(8)13-10/h6,11H,2-5,7H2,1H3. The van der Waals surface area contributed by atoms with E-state index >= 15 is 0 Å². The molecular weight excluding hydrogens is 162 g/mol. The van der Waals surface area contributed by atoms with Gasteiger partial charge in [0.15, 0.2) is 0 Å². The molecule has 1 aromatic heterocycles. The molecule has 70 valence electrons. The van der Waals surface area contributed by atoms with Crippen molar-refractivity contribution in [2.24, 2.45) is 0 Å². The number of aryl methyl sites for hydroxylation is 1. The molecule has 0 amide bonds. The predicted octanol–water partition coefficient (Wildman–Crippen LogP) is 1.07. The molecule has 0 fully saturated rings. The molecule has 1 aliphatic heterocycles. The highest BCUT2D eigenvalue weighted by atomic mass is 14.9. The molecule has 0 aromatic carbocycles. The van der Waals surface area contributed by atoms with Crippen molar-refractivity contribution in [3.05, 3.63) is 23.3 Å². The number of hydrogen-bond donors (Lipinski definition) is 1. The Labute approximate surface area is 78.6 Å². The van der Waals surface area contributed by atoms with Crippen LogP contribution < -0.4 is 5.32 Å². The van der Waals surface area contributed by atoms with Gasteiger partial charge in [-0.2, -0.15) is 0 Å². The van der Waals surface area contributed by atoms with Crippen molar-refractivity contribution in [2.45, 2.75) is 32.7 Å². The molecule has 0 bridgehead atoms. The van der Waals surface area contributed by atoms with Crippen LogP contribution in [0.1, 0.15) is 30.4 Å². The predicted molar refractivity (Wildman–Crippen MR) is 51.4 cm³/mol. The Balaban J connectivity index is 2.24. The third-order valence-electron chi connectivity index (χ3n) is 2.34. The summed E-state index contributed by atoms with van der Waals surface area (Å²) in [6, 6.07) is 0.